The van der Waals surface area contributed by atoms with Crippen molar-refractivity contribution >= 4 is 76.3 Å². The summed E-state index contributed by atoms with van der Waals surface area (Å²) in [4.78, 5) is 0. The van der Waals surface area contributed by atoms with Gasteiger partial charge in [-0.25, -0.2) is 0 Å². The summed E-state index contributed by atoms with van der Waals surface area (Å²) in [6.45, 7) is 0. The lowest BCUT2D eigenvalue weighted by Gasteiger charge is -2.18. The number of hydrogen-bond donors (Lipinski definition) is 0. The van der Waals surface area contributed by atoms with Gasteiger partial charge in [0.15, 0.2) is 0 Å². The van der Waals surface area contributed by atoms with Crippen molar-refractivity contribution in [2.45, 2.75) is 0 Å². The molecule has 0 unspecified atom stereocenters. The number of nitrogens with zero attached hydrogens (tertiary/aromatic N) is 4. The lowest BCUT2D eigenvalue weighted by Crippen LogP contribution is -2.04. The Morgan fingerprint density at radius 2 is 0.517 bits per heavy atom. The van der Waals surface area contributed by atoms with Crippen LogP contribution in [0.1, 0.15) is 0 Å². The quantitative estimate of drug-likeness (QED) is 0.166. The van der Waals surface area contributed by atoms with Crippen LogP contribution in [0.2, 0.25) is 0 Å². The maximum Gasteiger partial charge on any atom is 0.0541 e. The average molecular weight is 765 g/mol. The van der Waals surface area contributed by atoms with E-state index in [0.29, 0.717) is 0 Å². The van der Waals surface area contributed by atoms with Gasteiger partial charge >= 0.3 is 0 Å². The Balaban J connectivity index is 1.08. The fourth-order valence-electron chi connectivity index (χ4n) is 10.00. The molecular formula is C56H36N4. The van der Waals surface area contributed by atoms with Gasteiger partial charge in [-0.05, 0) is 84.4 Å². The molecule has 0 atom stereocenters. The largest absolute Gasteiger partial charge is 0.309 e. The van der Waals surface area contributed by atoms with Gasteiger partial charge < -0.3 is 18.3 Å². The first-order valence-electron chi connectivity index (χ1n) is 20.6. The van der Waals surface area contributed by atoms with E-state index in [0.717, 1.165) is 39.5 Å². The molecule has 4 heterocycles. The molecule has 0 aliphatic carbocycles. The molecule has 0 bridgehead atoms. The highest BCUT2D eigenvalue weighted by Crippen LogP contribution is 2.40. The van der Waals surface area contributed by atoms with E-state index in [1.165, 1.54) is 70.8 Å². The van der Waals surface area contributed by atoms with Crippen LogP contribution < -0.4 is 0 Å². The molecule has 13 rings (SSSR count). The molecule has 9 aromatic carbocycles. The summed E-state index contributed by atoms with van der Waals surface area (Å²) in [6.07, 6.45) is 0. The van der Waals surface area contributed by atoms with Gasteiger partial charge in [-0.1, -0.05) is 140 Å². The van der Waals surface area contributed by atoms with E-state index < -0.39 is 0 Å². The number of hydrogen-bond acceptors (Lipinski definition) is 0. The van der Waals surface area contributed by atoms with Crippen molar-refractivity contribution in [1.29, 1.82) is 0 Å². The van der Waals surface area contributed by atoms with Gasteiger partial charge in [-0.2, -0.15) is 0 Å². The van der Waals surface area contributed by atoms with Gasteiger partial charge in [-0.3, -0.25) is 0 Å². The van der Waals surface area contributed by atoms with Gasteiger partial charge in [-0.15, -0.1) is 0 Å². The second-order valence-corrected chi connectivity index (χ2v) is 15.8. The third-order valence-electron chi connectivity index (χ3n) is 12.5. The van der Waals surface area contributed by atoms with Crippen LogP contribution in [0.4, 0.5) is 0 Å². The SMILES string of the molecule is c1ccc2c(c1)cc(-c1ccc(-n3c4ccccc4c4ccccc43)cc1)n2-c1cc(-n2c3ccccc3c3ccccc32)cc(-n2c3ccccc3c3ccccc32)c1. The summed E-state index contributed by atoms with van der Waals surface area (Å²) in [7, 11) is 0. The Morgan fingerprint density at radius 3 is 0.900 bits per heavy atom. The number of aromatic nitrogens is 4. The average Bonchev–Trinajstić information content (AvgIpc) is 4.06. The molecule has 4 aromatic heterocycles. The third kappa shape index (κ3) is 4.73. The minimum atomic E-state index is 1.09. The van der Waals surface area contributed by atoms with Crippen LogP contribution in [0.3, 0.4) is 0 Å². The van der Waals surface area contributed by atoms with E-state index in [-0.39, 0.29) is 0 Å². The lowest BCUT2D eigenvalue weighted by atomic mass is 10.1. The molecule has 280 valence electrons. The summed E-state index contributed by atoms with van der Waals surface area (Å²) < 4.78 is 9.73. The molecule has 0 saturated carbocycles. The second-order valence-electron chi connectivity index (χ2n) is 15.8. The van der Waals surface area contributed by atoms with E-state index >= 15 is 0 Å². The molecule has 0 spiro atoms. The van der Waals surface area contributed by atoms with Crippen LogP contribution in [0.25, 0.3) is 110 Å². The van der Waals surface area contributed by atoms with Gasteiger partial charge in [0.1, 0.15) is 0 Å². The van der Waals surface area contributed by atoms with Crippen molar-refractivity contribution in [3.8, 4) is 34.0 Å². The highest BCUT2D eigenvalue weighted by molar-refractivity contribution is 6.11. The predicted molar refractivity (Wildman–Crippen MR) is 252 cm³/mol. The molecule has 0 fully saturated rings. The van der Waals surface area contributed by atoms with Gasteiger partial charge in [0.25, 0.3) is 0 Å². The first-order valence-corrected chi connectivity index (χ1v) is 20.6. The molecule has 4 heteroatoms. The van der Waals surface area contributed by atoms with Crippen LogP contribution in [0.5, 0.6) is 0 Å². The number of benzene rings is 9. The Kier molecular flexibility index (Phi) is 6.98. The monoisotopic (exact) mass is 764 g/mol. The van der Waals surface area contributed by atoms with Gasteiger partial charge in [0.2, 0.25) is 0 Å². The Hall–Kier alpha value is -8.08. The van der Waals surface area contributed by atoms with Gasteiger partial charge in [0, 0.05) is 43.4 Å². The summed E-state index contributed by atoms with van der Waals surface area (Å²) in [5.74, 6) is 0. The summed E-state index contributed by atoms with van der Waals surface area (Å²) in [5, 5.41) is 8.69. The van der Waals surface area contributed by atoms with Crippen LogP contribution in [-0.2, 0) is 0 Å². The number of rotatable bonds is 5. The van der Waals surface area contributed by atoms with E-state index in [1.807, 2.05) is 0 Å². The smallest absolute Gasteiger partial charge is 0.0541 e. The summed E-state index contributed by atoms with van der Waals surface area (Å²) in [5.41, 5.74) is 15.0. The highest BCUT2D eigenvalue weighted by atomic mass is 15.0. The minimum absolute atomic E-state index is 1.09. The zero-order chi connectivity index (χ0) is 39.3. The van der Waals surface area contributed by atoms with Crippen molar-refractivity contribution in [2.24, 2.45) is 0 Å². The standard InChI is InChI=1S/C56H36N4/c1-8-22-49-38(15-1)33-56(37-29-31-39(32-30-37)57-50-23-9-2-16-43(50)44-17-3-10-24-51(44)57)58(49)40-34-41(59-52-25-11-4-18-45(52)46-19-5-12-26-53(46)59)36-42(35-40)60-54-27-13-6-20-47(54)48-21-7-14-28-55(48)60/h1-36H. The first-order chi connectivity index (χ1) is 29.8. The molecular weight excluding hydrogens is 729 g/mol. The minimum Gasteiger partial charge on any atom is -0.309 e. The maximum absolute atomic E-state index is 2.46. The summed E-state index contributed by atoms with van der Waals surface area (Å²) >= 11 is 0. The number of fused-ring (bicyclic) bond motifs is 10. The summed E-state index contributed by atoms with van der Waals surface area (Å²) in [6, 6.07) is 79.9. The van der Waals surface area contributed by atoms with Crippen LogP contribution in [0.15, 0.2) is 218 Å². The van der Waals surface area contributed by atoms with Crippen molar-refractivity contribution < 1.29 is 0 Å². The number of para-hydroxylation sites is 7. The second kappa shape index (κ2) is 12.7. The normalized spacial score (nSPS) is 12.0. The van der Waals surface area contributed by atoms with E-state index in [1.54, 1.807) is 0 Å². The molecule has 0 N–H and O–H groups in total. The zero-order valence-electron chi connectivity index (χ0n) is 32.6. The van der Waals surface area contributed by atoms with Gasteiger partial charge in [0.05, 0.1) is 61.4 Å². The van der Waals surface area contributed by atoms with Crippen molar-refractivity contribution in [3.63, 3.8) is 0 Å². The Morgan fingerprint density at radius 1 is 0.217 bits per heavy atom. The molecule has 0 aliphatic heterocycles. The molecule has 13 aromatic rings. The molecule has 4 nitrogen and oxygen atoms in total. The van der Waals surface area contributed by atoms with Crippen LogP contribution >= 0.6 is 0 Å². The van der Waals surface area contributed by atoms with E-state index in [2.05, 4.69) is 237 Å². The van der Waals surface area contributed by atoms with E-state index in [9.17, 15) is 0 Å². The van der Waals surface area contributed by atoms with Crippen molar-refractivity contribution in [2.75, 3.05) is 0 Å². The Labute approximate surface area is 345 Å². The van der Waals surface area contributed by atoms with E-state index in [4.69, 9.17) is 0 Å². The third-order valence-corrected chi connectivity index (χ3v) is 12.5. The van der Waals surface area contributed by atoms with Crippen molar-refractivity contribution in [1.82, 2.24) is 18.3 Å². The first kappa shape index (κ1) is 32.9. The Bertz CT molecular complexity index is 3540. The topological polar surface area (TPSA) is 19.7 Å². The zero-order valence-corrected chi connectivity index (χ0v) is 32.6. The van der Waals surface area contributed by atoms with Crippen LogP contribution in [-0.4, -0.2) is 18.3 Å². The predicted octanol–water partition coefficient (Wildman–Crippen LogP) is 14.6. The lowest BCUT2D eigenvalue weighted by molar-refractivity contribution is 1.08. The van der Waals surface area contributed by atoms with Crippen LogP contribution in [0, 0.1) is 0 Å². The molecule has 0 aliphatic rings. The highest BCUT2D eigenvalue weighted by Gasteiger charge is 2.20. The molecule has 60 heavy (non-hydrogen) atoms. The fourth-order valence-corrected chi connectivity index (χ4v) is 10.00. The molecule has 0 radical (unpaired) electrons. The molecule has 0 saturated heterocycles. The van der Waals surface area contributed by atoms with Crippen molar-refractivity contribution in [3.05, 3.63) is 218 Å². The molecule has 0 amide bonds. The fraction of sp³-hybridized carbons (Fsp3) is 0. The maximum atomic E-state index is 2.46.